The summed E-state index contributed by atoms with van der Waals surface area (Å²) < 4.78 is 5.29. The predicted molar refractivity (Wildman–Crippen MR) is 112 cm³/mol. The molecule has 1 aliphatic carbocycles. The highest BCUT2D eigenvalue weighted by molar-refractivity contribution is 6.00. The van der Waals surface area contributed by atoms with Crippen molar-refractivity contribution in [2.24, 2.45) is 0 Å². The molecule has 0 radical (unpaired) electrons. The Labute approximate surface area is 173 Å². The first kappa shape index (κ1) is 19.9. The monoisotopic (exact) mass is 411 g/mol. The van der Waals surface area contributed by atoms with Gasteiger partial charge in [-0.05, 0) is 25.0 Å². The van der Waals surface area contributed by atoms with Gasteiger partial charge in [0.1, 0.15) is 11.6 Å². The van der Waals surface area contributed by atoms with Crippen LogP contribution in [0.4, 0.5) is 17.5 Å². The number of ether oxygens (including phenoxy) is 1. The molecule has 0 spiro atoms. The summed E-state index contributed by atoms with van der Waals surface area (Å²) in [6.07, 6.45) is 5.10. The van der Waals surface area contributed by atoms with Gasteiger partial charge in [-0.15, -0.1) is 0 Å². The van der Waals surface area contributed by atoms with Crippen LogP contribution in [0.5, 0.6) is 5.75 Å². The van der Waals surface area contributed by atoms with Crippen molar-refractivity contribution in [1.29, 1.82) is 0 Å². The second kappa shape index (κ2) is 8.56. The molecule has 4 N–H and O–H groups in total. The van der Waals surface area contributed by atoms with Crippen molar-refractivity contribution in [2.45, 2.75) is 50.5 Å². The molecule has 9 nitrogen and oxygen atoms in total. The standard InChI is InChI=1S/C21H25N5O4/c1-30-15-10-6-5-9-14(15)23-21-25-18-17(20(29)26-21)13(11-16(27)24-18)19(28)22-12-7-3-2-4-8-12/h5-6,9-10,12-13H,2-4,7-8,11H2,1H3,(H,22,28)(H3,23,24,25,26,27,29)/t13-/m0/s1. The minimum Gasteiger partial charge on any atom is -0.495 e. The van der Waals surface area contributed by atoms with E-state index >= 15 is 0 Å². The lowest BCUT2D eigenvalue weighted by Gasteiger charge is -2.28. The van der Waals surface area contributed by atoms with Gasteiger partial charge in [0.25, 0.3) is 5.56 Å². The number of H-pyrrole nitrogens is 1. The minimum absolute atomic E-state index is 0.0738. The van der Waals surface area contributed by atoms with Gasteiger partial charge in [0.2, 0.25) is 17.8 Å². The summed E-state index contributed by atoms with van der Waals surface area (Å²) in [6, 6.07) is 7.28. The number of carbonyl (C=O) groups is 2. The lowest BCUT2D eigenvalue weighted by molar-refractivity contribution is -0.127. The number of aromatic amines is 1. The molecule has 2 aliphatic rings. The fourth-order valence-electron chi connectivity index (χ4n) is 4.08. The molecule has 0 unspecified atom stereocenters. The summed E-state index contributed by atoms with van der Waals surface area (Å²) in [5.41, 5.74) is 0.339. The van der Waals surface area contributed by atoms with E-state index in [0.29, 0.717) is 11.4 Å². The number of carbonyl (C=O) groups excluding carboxylic acids is 2. The molecule has 2 amide bonds. The van der Waals surface area contributed by atoms with Crippen LogP contribution in [0, 0.1) is 0 Å². The molecule has 1 atom stereocenters. The molecule has 0 saturated heterocycles. The number of fused-ring (bicyclic) bond motifs is 1. The second-order valence-electron chi connectivity index (χ2n) is 7.65. The Kier molecular flexibility index (Phi) is 5.69. The van der Waals surface area contributed by atoms with Crippen molar-refractivity contribution in [3.8, 4) is 5.75 Å². The van der Waals surface area contributed by atoms with E-state index in [1.54, 1.807) is 19.2 Å². The Balaban J connectivity index is 1.61. The van der Waals surface area contributed by atoms with Crippen LogP contribution < -0.4 is 26.2 Å². The van der Waals surface area contributed by atoms with Crippen LogP contribution in [0.25, 0.3) is 0 Å². The normalized spacial score (nSPS) is 18.8. The Morgan fingerprint density at radius 3 is 2.70 bits per heavy atom. The lowest BCUT2D eigenvalue weighted by Crippen LogP contribution is -2.43. The van der Waals surface area contributed by atoms with Crippen molar-refractivity contribution in [3.63, 3.8) is 0 Å². The SMILES string of the molecule is COc1ccccc1Nc1nc2c(c(=O)[nH]1)[C@@H](C(=O)NC1CCCCC1)CC(=O)N2. The number of nitrogens with one attached hydrogen (secondary N) is 4. The third kappa shape index (κ3) is 4.14. The first-order chi connectivity index (χ1) is 14.5. The van der Waals surface area contributed by atoms with Gasteiger partial charge in [-0.25, -0.2) is 0 Å². The zero-order valence-corrected chi connectivity index (χ0v) is 16.8. The molecule has 30 heavy (non-hydrogen) atoms. The number of hydrogen-bond acceptors (Lipinski definition) is 6. The third-order valence-corrected chi connectivity index (χ3v) is 5.58. The molecule has 0 bridgehead atoms. The van der Waals surface area contributed by atoms with Crippen LogP contribution in [0.15, 0.2) is 29.1 Å². The minimum atomic E-state index is -0.854. The van der Waals surface area contributed by atoms with Crippen molar-refractivity contribution in [2.75, 3.05) is 17.7 Å². The largest absolute Gasteiger partial charge is 0.495 e. The topological polar surface area (TPSA) is 125 Å². The average molecular weight is 411 g/mol. The van der Waals surface area contributed by atoms with Gasteiger partial charge in [-0.3, -0.25) is 19.4 Å². The number of methoxy groups -OCH3 is 1. The maximum atomic E-state index is 12.9. The molecule has 1 saturated carbocycles. The number of aromatic nitrogens is 2. The first-order valence-corrected chi connectivity index (χ1v) is 10.2. The smallest absolute Gasteiger partial charge is 0.258 e. The van der Waals surface area contributed by atoms with E-state index in [2.05, 4.69) is 25.9 Å². The van der Waals surface area contributed by atoms with Gasteiger partial charge >= 0.3 is 0 Å². The van der Waals surface area contributed by atoms with Crippen LogP contribution in [-0.2, 0) is 9.59 Å². The number of anilines is 3. The molecular formula is C21H25N5O4. The molecule has 4 rings (SSSR count). The highest BCUT2D eigenvalue weighted by Gasteiger charge is 2.35. The number of para-hydroxylation sites is 2. The summed E-state index contributed by atoms with van der Waals surface area (Å²) in [7, 11) is 1.54. The van der Waals surface area contributed by atoms with Crippen LogP contribution in [-0.4, -0.2) is 34.9 Å². The molecular weight excluding hydrogens is 386 g/mol. The molecule has 1 aromatic carbocycles. The molecule has 158 valence electrons. The van der Waals surface area contributed by atoms with Crippen molar-refractivity contribution >= 4 is 29.3 Å². The van der Waals surface area contributed by atoms with E-state index < -0.39 is 11.5 Å². The highest BCUT2D eigenvalue weighted by Crippen LogP contribution is 2.31. The van der Waals surface area contributed by atoms with Gasteiger partial charge in [-0.1, -0.05) is 31.4 Å². The van der Waals surface area contributed by atoms with Gasteiger partial charge in [0.15, 0.2) is 0 Å². The molecule has 1 fully saturated rings. The Morgan fingerprint density at radius 2 is 1.93 bits per heavy atom. The summed E-state index contributed by atoms with van der Waals surface area (Å²) in [5, 5.41) is 8.63. The molecule has 9 heteroatoms. The van der Waals surface area contributed by atoms with E-state index in [-0.39, 0.29) is 41.6 Å². The maximum Gasteiger partial charge on any atom is 0.258 e. The van der Waals surface area contributed by atoms with Crippen LogP contribution >= 0.6 is 0 Å². The van der Waals surface area contributed by atoms with Gasteiger partial charge in [0, 0.05) is 12.5 Å². The lowest BCUT2D eigenvalue weighted by atomic mass is 9.90. The van der Waals surface area contributed by atoms with E-state index in [1.807, 2.05) is 12.1 Å². The zero-order valence-electron chi connectivity index (χ0n) is 16.8. The molecule has 2 aromatic rings. The zero-order chi connectivity index (χ0) is 21.1. The summed E-state index contributed by atoms with van der Waals surface area (Å²) in [5.74, 6) is -0.657. The number of hydrogen-bond donors (Lipinski definition) is 4. The number of nitrogens with zero attached hydrogens (tertiary/aromatic N) is 1. The Morgan fingerprint density at radius 1 is 1.17 bits per heavy atom. The van der Waals surface area contributed by atoms with Gasteiger partial charge in [-0.2, -0.15) is 4.98 Å². The number of amides is 2. The molecule has 2 heterocycles. The van der Waals surface area contributed by atoms with E-state index in [4.69, 9.17) is 4.74 Å². The number of rotatable bonds is 5. The van der Waals surface area contributed by atoms with Gasteiger partial charge < -0.3 is 20.7 Å². The summed E-state index contributed by atoms with van der Waals surface area (Å²) in [4.78, 5) is 45.0. The van der Waals surface area contributed by atoms with Crippen molar-refractivity contribution in [1.82, 2.24) is 15.3 Å². The third-order valence-electron chi connectivity index (χ3n) is 5.58. The fourth-order valence-corrected chi connectivity index (χ4v) is 4.08. The highest BCUT2D eigenvalue weighted by atomic mass is 16.5. The quantitative estimate of drug-likeness (QED) is 0.599. The van der Waals surface area contributed by atoms with E-state index in [0.717, 1.165) is 25.7 Å². The van der Waals surface area contributed by atoms with Crippen LogP contribution in [0.3, 0.4) is 0 Å². The van der Waals surface area contributed by atoms with E-state index in [9.17, 15) is 14.4 Å². The summed E-state index contributed by atoms with van der Waals surface area (Å²) >= 11 is 0. The number of benzene rings is 1. The van der Waals surface area contributed by atoms with Gasteiger partial charge in [0.05, 0.1) is 24.3 Å². The molecule has 1 aliphatic heterocycles. The molecule has 1 aromatic heterocycles. The Bertz CT molecular complexity index is 1010. The van der Waals surface area contributed by atoms with Crippen LogP contribution in [0.1, 0.15) is 50.0 Å². The Hall–Kier alpha value is -3.36. The first-order valence-electron chi connectivity index (χ1n) is 10.2. The fraction of sp³-hybridized carbons (Fsp3) is 0.429. The average Bonchev–Trinajstić information content (AvgIpc) is 2.74. The predicted octanol–water partition coefficient (Wildman–Crippen LogP) is 2.40. The van der Waals surface area contributed by atoms with Crippen molar-refractivity contribution < 1.29 is 14.3 Å². The van der Waals surface area contributed by atoms with Crippen molar-refractivity contribution in [3.05, 3.63) is 40.2 Å². The van der Waals surface area contributed by atoms with E-state index in [1.165, 1.54) is 6.42 Å². The maximum absolute atomic E-state index is 12.9. The summed E-state index contributed by atoms with van der Waals surface area (Å²) in [6.45, 7) is 0. The van der Waals surface area contributed by atoms with Crippen LogP contribution in [0.2, 0.25) is 0 Å². The second-order valence-corrected chi connectivity index (χ2v) is 7.65.